The summed E-state index contributed by atoms with van der Waals surface area (Å²) in [5.41, 5.74) is 10.9. The summed E-state index contributed by atoms with van der Waals surface area (Å²) in [4.78, 5) is 10.9. The second-order valence-electron chi connectivity index (χ2n) is 3.02. The first kappa shape index (κ1) is 16.4. The van der Waals surface area contributed by atoms with E-state index in [4.69, 9.17) is 11.5 Å². The third kappa shape index (κ3) is 5.05. The SMILES string of the molecule is NCCC(=O)OS(=O)(=O)c1ccc(N)cc1.[NaH]. The Kier molecular flexibility index (Phi) is 6.73. The number of hydrogen-bond donors (Lipinski definition) is 2. The van der Waals surface area contributed by atoms with E-state index in [1.54, 1.807) is 0 Å². The van der Waals surface area contributed by atoms with Crippen LogP contribution in [-0.2, 0) is 19.1 Å². The summed E-state index contributed by atoms with van der Waals surface area (Å²) in [6.07, 6.45) is -0.145. The van der Waals surface area contributed by atoms with Crippen molar-refractivity contribution in [2.75, 3.05) is 12.3 Å². The van der Waals surface area contributed by atoms with Gasteiger partial charge in [-0.2, -0.15) is 8.42 Å². The van der Waals surface area contributed by atoms with Gasteiger partial charge in [-0.05, 0) is 24.3 Å². The Hall–Kier alpha value is -0.600. The van der Waals surface area contributed by atoms with E-state index < -0.39 is 16.1 Å². The van der Waals surface area contributed by atoms with Gasteiger partial charge in [0.2, 0.25) is 0 Å². The molecule has 0 unspecified atom stereocenters. The van der Waals surface area contributed by atoms with Gasteiger partial charge in [-0.1, -0.05) is 0 Å². The maximum absolute atomic E-state index is 11.5. The van der Waals surface area contributed by atoms with Crippen LogP contribution in [0.15, 0.2) is 29.2 Å². The number of nitrogen functional groups attached to an aromatic ring is 1. The summed E-state index contributed by atoms with van der Waals surface area (Å²) < 4.78 is 27.3. The molecule has 8 heteroatoms. The van der Waals surface area contributed by atoms with Gasteiger partial charge >= 0.3 is 45.6 Å². The van der Waals surface area contributed by atoms with E-state index in [2.05, 4.69) is 4.18 Å². The Balaban J connectivity index is 0.00000256. The molecule has 0 radical (unpaired) electrons. The first-order valence-electron chi connectivity index (χ1n) is 4.48. The predicted octanol–water partition coefficient (Wildman–Crippen LogP) is -0.799. The van der Waals surface area contributed by atoms with Crippen molar-refractivity contribution in [1.82, 2.24) is 0 Å². The molecule has 4 N–H and O–H groups in total. The molecule has 0 fully saturated rings. The minimum atomic E-state index is -4.06. The molecular formula is C9H13N2NaO4S. The fourth-order valence-electron chi connectivity index (χ4n) is 0.964. The van der Waals surface area contributed by atoms with Crippen LogP contribution in [0.3, 0.4) is 0 Å². The fraction of sp³-hybridized carbons (Fsp3) is 0.222. The third-order valence-corrected chi connectivity index (χ3v) is 2.97. The Morgan fingerprint density at radius 3 is 2.24 bits per heavy atom. The normalized spacial score (nSPS) is 10.4. The third-order valence-electron chi connectivity index (χ3n) is 1.72. The molecule has 0 aromatic heterocycles. The standard InChI is InChI=1S/C9H12N2O4S.Na.H/c10-6-5-9(12)15-16(13,14)8-3-1-7(11)2-4-8;;/h1-4H,5-6,10-11H2;;. The molecule has 17 heavy (non-hydrogen) atoms. The zero-order valence-corrected chi connectivity index (χ0v) is 9.24. The molecule has 90 valence electrons. The van der Waals surface area contributed by atoms with Crippen molar-refractivity contribution >= 4 is 51.3 Å². The van der Waals surface area contributed by atoms with Crippen LogP contribution in [0.1, 0.15) is 6.42 Å². The molecule has 0 bridgehead atoms. The van der Waals surface area contributed by atoms with E-state index in [0.29, 0.717) is 5.69 Å². The number of hydrogen-bond acceptors (Lipinski definition) is 6. The van der Waals surface area contributed by atoms with Gasteiger partial charge in [-0.15, -0.1) is 0 Å². The molecule has 6 nitrogen and oxygen atoms in total. The van der Waals surface area contributed by atoms with Crippen LogP contribution in [0.5, 0.6) is 0 Å². The number of benzene rings is 1. The second-order valence-corrected chi connectivity index (χ2v) is 4.56. The molecule has 0 saturated carbocycles. The van der Waals surface area contributed by atoms with Gasteiger partial charge in [-0.3, -0.25) is 4.79 Å². The van der Waals surface area contributed by atoms with Gasteiger partial charge in [0, 0.05) is 12.2 Å². The number of nitrogens with two attached hydrogens (primary N) is 2. The summed E-state index contributed by atoms with van der Waals surface area (Å²) in [5, 5.41) is 0. The number of rotatable bonds is 4. The summed E-state index contributed by atoms with van der Waals surface area (Å²) >= 11 is 0. The Labute approximate surface area is 122 Å². The predicted molar refractivity (Wildman–Crippen MR) is 65.0 cm³/mol. The molecule has 1 aromatic carbocycles. The van der Waals surface area contributed by atoms with Gasteiger partial charge in [-0.25, -0.2) is 0 Å². The van der Waals surface area contributed by atoms with Crippen molar-refractivity contribution in [2.45, 2.75) is 11.3 Å². The number of anilines is 1. The fourth-order valence-corrected chi connectivity index (χ4v) is 1.86. The molecule has 0 aliphatic heterocycles. The van der Waals surface area contributed by atoms with Crippen LogP contribution in [0.4, 0.5) is 5.69 Å². The summed E-state index contributed by atoms with van der Waals surface area (Å²) in [6.45, 7) is 0.0378. The number of carbonyl (C=O) groups is 1. The molecule has 0 amide bonds. The molecule has 0 aliphatic rings. The van der Waals surface area contributed by atoms with Crippen molar-refractivity contribution in [3.8, 4) is 0 Å². The van der Waals surface area contributed by atoms with Crippen LogP contribution in [-0.4, -0.2) is 50.5 Å². The van der Waals surface area contributed by atoms with Gasteiger partial charge in [0.25, 0.3) is 0 Å². The summed E-state index contributed by atoms with van der Waals surface area (Å²) in [7, 11) is -4.06. The van der Waals surface area contributed by atoms with Gasteiger partial charge in [0.1, 0.15) is 4.90 Å². The van der Waals surface area contributed by atoms with E-state index in [9.17, 15) is 13.2 Å². The van der Waals surface area contributed by atoms with Crippen molar-refractivity contribution in [1.29, 1.82) is 0 Å². The monoisotopic (exact) mass is 268 g/mol. The van der Waals surface area contributed by atoms with Crippen LogP contribution < -0.4 is 11.5 Å². The zero-order chi connectivity index (χ0) is 12.2. The minimum absolute atomic E-state index is 0. The van der Waals surface area contributed by atoms with E-state index in [1.807, 2.05) is 0 Å². The second kappa shape index (κ2) is 6.97. The van der Waals surface area contributed by atoms with E-state index in [-0.39, 0.29) is 47.4 Å². The zero-order valence-electron chi connectivity index (χ0n) is 8.42. The maximum atomic E-state index is 11.5. The average molecular weight is 268 g/mol. The Morgan fingerprint density at radius 2 is 1.76 bits per heavy atom. The van der Waals surface area contributed by atoms with Gasteiger partial charge in [0.05, 0.1) is 6.42 Å². The molecule has 0 heterocycles. The van der Waals surface area contributed by atoms with Gasteiger partial charge in [0.15, 0.2) is 0 Å². The average Bonchev–Trinajstić information content (AvgIpc) is 2.17. The Bertz CT molecular complexity index is 472. The van der Waals surface area contributed by atoms with E-state index in [1.165, 1.54) is 24.3 Å². The number of carbonyl (C=O) groups excluding carboxylic acids is 1. The molecule has 1 aromatic rings. The van der Waals surface area contributed by atoms with E-state index >= 15 is 0 Å². The van der Waals surface area contributed by atoms with Gasteiger partial charge < -0.3 is 15.7 Å². The molecule has 1 rings (SSSR count). The molecular weight excluding hydrogens is 255 g/mol. The first-order chi connectivity index (χ1) is 7.45. The van der Waals surface area contributed by atoms with Crippen LogP contribution >= 0.6 is 0 Å². The van der Waals surface area contributed by atoms with Crippen LogP contribution in [0.25, 0.3) is 0 Å². The molecule has 0 atom stereocenters. The van der Waals surface area contributed by atoms with Crippen LogP contribution in [0.2, 0.25) is 0 Å². The Morgan fingerprint density at radius 1 is 1.24 bits per heavy atom. The van der Waals surface area contributed by atoms with Crippen molar-refractivity contribution in [2.24, 2.45) is 5.73 Å². The summed E-state index contributed by atoms with van der Waals surface area (Å²) in [6, 6.07) is 5.34. The van der Waals surface area contributed by atoms with Crippen molar-refractivity contribution in [3.63, 3.8) is 0 Å². The van der Waals surface area contributed by atoms with Crippen molar-refractivity contribution < 1.29 is 17.4 Å². The first-order valence-corrected chi connectivity index (χ1v) is 5.89. The molecule has 0 saturated heterocycles. The topological polar surface area (TPSA) is 112 Å². The van der Waals surface area contributed by atoms with E-state index in [0.717, 1.165) is 0 Å². The molecule has 0 aliphatic carbocycles. The summed E-state index contributed by atoms with van der Waals surface area (Å²) in [5.74, 6) is -0.876. The van der Waals surface area contributed by atoms with Crippen LogP contribution in [0, 0.1) is 0 Å². The quantitative estimate of drug-likeness (QED) is 0.420. The van der Waals surface area contributed by atoms with Crippen molar-refractivity contribution in [3.05, 3.63) is 24.3 Å². The molecule has 0 spiro atoms.